The molecule has 2 heterocycles. The SMILES string of the molecule is CC(C)c1cccc(C2CCN(C(=O)[C@@H]3CC[C@H](O)CN3O)CC2)c1. The van der Waals surface area contributed by atoms with E-state index < -0.39 is 12.1 Å². The Morgan fingerprint density at radius 2 is 1.88 bits per heavy atom. The molecule has 1 aromatic carbocycles. The minimum atomic E-state index is -0.534. The van der Waals surface area contributed by atoms with E-state index in [0.29, 0.717) is 24.7 Å². The third-order valence-corrected chi connectivity index (χ3v) is 5.67. The molecule has 2 saturated heterocycles. The van der Waals surface area contributed by atoms with Crippen LogP contribution in [0.4, 0.5) is 0 Å². The van der Waals surface area contributed by atoms with Crippen molar-refractivity contribution < 1.29 is 15.1 Å². The van der Waals surface area contributed by atoms with Gasteiger partial charge >= 0.3 is 0 Å². The van der Waals surface area contributed by atoms with Crippen molar-refractivity contribution in [1.82, 2.24) is 9.96 Å². The average Bonchev–Trinajstić information content (AvgIpc) is 2.61. The molecule has 3 rings (SSSR count). The lowest BCUT2D eigenvalue weighted by Crippen LogP contribution is -2.53. The van der Waals surface area contributed by atoms with Gasteiger partial charge in [0.1, 0.15) is 6.04 Å². The van der Waals surface area contributed by atoms with Gasteiger partial charge in [-0.25, -0.2) is 0 Å². The molecule has 138 valence electrons. The van der Waals surface area contributed by atoms with Crippen molar-refractivity contribution in [3.8, 4) is 0 Å². The second kappa shape index (κ2) is 7.85. The molecule has 2 atom stereocenters. The van der Waals surface area contributed by atoms with E-state index >= 15 is 0 Å². The molecule has 2 N–H and O–H groups in total. The molecule has 0 radical (unpaired) electrons. The number of amides is 1. The average molecular weight is 346 g/mol. The summed E-state index contributed by atoms with van der Waals surface area (Å²) in [5.74, 6) is 1.03. The van der Waals surface area contributed by atoms with Gasteiger partial charge in [0.15, 0.2) is 0 Å². The van der Waals surface area contributed by atoms with Gasteiger partial charge in [0.25, 0.3) is 0 Å². The van der Waals surface area contributed by atoms with Gasteiger partial charge in [-0.15, -0.1) is 0 Å². The molecule has 0 bridgehead atoms. The van der Waals surface area contributed by atoms with Crippen molar-refractivity contribution in [2.24, 2.45) is 0 Å². The summed E-state index contributed by atoms with van der Waals surface area (Å²) in [5, 5.41) is 20.6. The van der Waals surface area contributed by atoms with Crippen LogP contribution in [0.3, 0.4) is 0 Å². The van der Waals surface area contributed by atoms with Gasteiger partial charge in [-0.1, -0.05) is 38.1 Å². The van der Waals surface area contributed by atoms with Gasteiger partial charge in [-0.2, -0.15) is 5.06 Å². The Hall–Kier alpha value is -1.43. The van der Waals surface area contributed by atoms with Crippen LogP contribution < -0.4 is 0 Å². The molecule has 0 unspecified atom stereocenters. The fourth-order valence-corrected chi connectivity index (χ4v) is 4.00. The molecule has 2 fully saturated rings. The molecule has 1 amide bonds. The van der Waals surface area contributed by atoms with Crippen LogP contribution in [0.25, 0.3) is 0 Å². The van der Waals surface area contributed by atoms with Crippen molar-refractivity contribution in [3.63, 3.8) is 0 Å². The maximum absolute atomic E-state index is 12.7. The van der Waals surface area contributed by atoms with Crippen molar-refractivity contribution >= 4 is 5.91 Å². The summed E-state index contributed by atoms with van der Waals surface area (Å²) in [4.78, 5) is 14.6. The number of rotatable bonds is 3. The zero-order chi connectivity index (χ0) is 18.0. The molecule has 5 heteroatoms. The summed E-state index contributed by atoms with van der Waals surface area (Å²) < 4.78 is 0. The summed E-state index contributed by atoms with van der Waals surface area (Å²) in [5.41, 5.74) is 2.75. The smallest absolute Gasteiger partial charge is 0.242 e. The first kappa shape index (κ1) is 18.4. The number of carbonyl (C=O) groups excluding carboxylic acids is 1. The molecule has 0 saturated carbocycles. The molecular weight excluding hydrogens is 316 g/mol. The van der Waals surface area contributed by atoms with E-state index in [1.807, 2.05) is 4.90 Å². The van der Waals surface area contributed by atoms with E-state index in [-0.39, 0.29) is 12.5 Å². The van der Waals surface area contributed by atoms with Crippen molar-refractivity contribution in [1.29, 1.82) is 0 Å². The standard InChI is InChI=1S/C20H30N2O3/c1-14(2)16-4-3-5-17(12-16)15-8-10-21(11-9-15)20(24)19-7-6-18(23)13-22(19)25/h3-5,12,14-15,18-19,23,25H,6-11,13H2,1-2H3/t18-,19-/m0/s1. The number of hydroxylamine groups is 2. The second-order valence-corrected chi connectivity index (χ2v) is 7.79. The van der Waals surface area contributed by atoms with Crippen molar-refractivity contribution in [3.05, 3.63) is 35.4 Å². The van der Waals surface area contributed by atoms with E-state index in [1.165, 1.54) is 11.1 Å². The molecule has 2 aliphatic rings. The summed E-state index contributed by atoms with van der Waals surface area (Å²) in [6.45, 7) is 6.06. The summed E-state index contributed by atoms with van der Waals surface area (Å²) in [7, 11) is 0. The fourth-order valence-electron chi connectivity index (χ4n) is 4.00. The highest BCUT2D eigenvalue weighted by Crippen LogP contribution is 2.31. The van der Waals surface area contributed by atoms with E-state index in [0.717, 1.165) is 31.0 Å². The van der Waals surface area contributed by atoms with E-state index in [9.17, 15) is 15.1 Å². The molecule has 1 aromatic rings. The molecular formula is C20H30N2O3. The Labute approximate surface area is 150 Å². The monoisotopic (exact) mass is 346 g/mol. The normalized spacial score (nSPS) is 26.2. The molecule has 2 aliphatic heterocycles. The minimum Gasteiger partial charge on any atom is -0.392 e. The highest BCUT2D eigenvalue weighted by molar-refractivity contribution is 5.82. The Bertz CT molecular complexity index is 596. The lowest BCUT2D eigenvalue weighted by atomic mass is 9.87. The summed E-state index contributed by atoms with van der Waals surface area (Å²) >= 11 is 0. The van der Waals surface area contributed by atoms with Crippen LogP contribution >= 0.6 is 0 Å². The van der Waals surface area contributed by atoms with Gasteiger partial charge < -0.3 is 15.2 Å². The first-order valence-electron chi connectivity index (χ1n) is 9.48. The van der Waals surface area contributed by atoms with E-state index in [1.54, 1.807) is 0 Å². The predicted molar refractivity (Wildman–Crippen MR) is 96.6 cm³/mol. The Kier molecular flexibility index (Phi) is 5.77. The van der Waals surface area contributed by atoms with E-state index in [4.69, 9.17) is 0 Å². The second-order valence-electron chi connectivity index (χ2n) is 7.79. The lowest BCUT2D eigenvalue weighted by molar-refractivity contribution is -0.184. The highest BCUT2D eigenvalue weighted by atomic mass is 16.5. The molecule has 0 aliphatic carbocycles. The quantitative estimate of drug-likeness (QED) is 0.883. The van der Waals surface area contributed by atoms with Gasteiger partial charge in [0, 0.05) is 13.1 Å². The van der Waals surface area contributed by atoms with E-state index in [2.05, 4.69) is 38.1 Å². The Balaban J connectivity index is 1.58. The molecule has 5 nitrogen and oxygen atoms in total. The van der Waals surface area contributed by atoms with Crippen LogP contribution in [0.2, 0.25) is 0 Å². The number of carbonyl (C=O) groups is 1. The predicted octanol–water partition coefficient (Wildman–Crippen LogP) is 2.73. The number of aliphatic hydroxyl groups is 1. The molecule has 25 heavy (non-hydrogen) atoms. The van der Waals surface area contributed by atoms with Crippen molar-refractivity contribution in [2.75, 3.05) is 19.6 Å². The largest absolute Gasteiger partial charge is 0.392 e. The first-order chi connectivity index (χ1) is 12.0. The minimum absolute atomic E-state index is 0.00350. The zero-order valence-electron chi connectivity index (χ0n) is 15.3. The Morgan fingerprint density at radius 3 is 2.52 bits per heavy atom. The van der Waals surface area contributed by atoms with Gasteiger partial charge in [-0.3, -0.25) is 4.79 Å². The number of benzene rings is 1. The van der Waals surface area contributed by atoms with Crippen LogP contribution in [0.5, 0.6) is 0 Å². The fraction of sp³-hybridized carbons (Fsp3) is 0.650. The van der Waals surface area contributed by atoms with Crippen LogP contribution in [0, 0.1) is 0 Å². The maximum Gasteiger partial charge on any atom is 0.242 e. The Morgan fingerprint density at radius 1 is 1.16 bits per heavy atom. The highest BCUT2D eigenvalue weighted by Gasteiger charge is 2.35. The number of nitrogens with zero attached hydrogens (tertiary/aromatic N) is 2. The number of β-amino-alcohol motifs (C(OH)–C–C–N with tert-alkyl or cyclic N) is 1. The third kappa shape index (κ3) is 4.22. The zero-order valence-corrected chi connectivity index (χ0v) is 15.3. The lowest BCUT2D eigenvalue weighted by Gasteiger charge is -2.38. The van der Waals surface area contributed by atoms with Gasteiger partial charge in [-0.05, 0) is 48.6 Å². The summed E-state index contributed by atoms with van der Waals surface area (Å²) in [6, 6.07) is 8.33. The van der Waals surface area contributed by atoms with Crippen molar-refractivity contribution in [2.45, 2.75) is 63.5 Å². The maximum atomic E-state index is 12.7. The van der Waals surface area contributed by atoms with Crippen LogP contribution in [-0.4, -0.2) is 58.0 Å². The first-order valence-corrected chi connectivity index (χ1v) is 9.48. The number of piperidine rings is 2. The number of likely N-dealkylation sites (tertiary alicyclic amines) is 1. The van der Waals surface area contributed by atoms with Crippen LogP contribution in [-0.2, 0) is 4.79 Å². The van der Waals surface area contributed by atoms with Crippen LogP contribution in [0.15, 0.2) is 24.3 Å². The van der Waals surface area contributed by atoms with Crippen LogP contribution in [0.1, 0.15) is 62.5 Å². The third-order valence-electron chi connectivity index (χ3n) is 5.67. The number of hydrogen-bond acceptors (Lipinski definition) is 4. The summed E-state index contributed by atoms with van der Waals surface area (Å²) in [6.07, 6.45) is 2.49. The number of hydrogen-bond donors (Lipinski definition) is 2. The van der Waals surface area contributed by atoms with Gasteiger partial charge in [0.2, 0.25) is 5.91 Å². The van der Waals surface area contributed by atoms with Gasteiger partial charge in [0.05, 0.1) is 12.6 Å². The number of aliphatic hydroxyl groups excluding tert-OH is 1. The topological polar surface area (TPSA) is 64.0 Å². The molecule has 0 aromatic heterocycles. The molecule has 0 spiro atoms.